The van der Waals surface area contributed by atoms with Crippen LogP contribution >= 0.6 is 11.6 Å². The number of likely N-dealkylation sites (tertiary alicyclic amines) is 1. The van der Waals surface area contributed by atoms with Crippen LogP contribution in [0.3, 0.4) is 0 Å². The fraction of sp³-hybridized carbons (Fsp3) is 0.227. The van der Waals surface area contributed by atoms with Gasteiger partial charge >= 0.3 is 0 Å². The van der Waals surface area contributed by atoms with Crippen LogP contribution in [0.4, 0.5) is 4.39 Å². The minimum atomic E-state index is -0.367. The minimum absolute atomic E-state index is 0.110. The highest BCUT2D eigenvalue weighted by Crippen LogP contribution is 2.28. The lowest BCUT2D eigenvalue weighted by Crippen LogP contribution is -2.39. The number of carbonyl (C=O) groups excluding carboxylic acids is 1. The fourth-order valence-electron chi connectivity index (χ4n) is 3.79. The Labute approximate surface area is 187 Å². The number of aromatic nitrogens is 5. The Kier molecular flexibility index (Phi) is 5.40. The molecule has 1 fully saturated rings. The van der Waals surface area contributed by atoms with Crippen molar-refractivity contribution in [3.05, 3.63) is 77.2 Å². The van der Waals surface area contributed by atoms with Gasteiger partial charge in [0, 0.05) is 18.7 Å². The average molecular weight is 453 g/mol. The molecule has 2 aromatic heterocycles. The normalized spacial score (nSPS) is 16.3. The molecule has 1 amide bonds. The maximum absolute atomic E-state index is 13.5. The Morgan fingerprint density at radius 2 is 2.06 bits per heavy atom. The van der Waals surface area contributed by atoms with Crippen molar-refractivity contribution in [2.24, 2.45) is 0 Å². The summed E-state index contributed by atoms with van der Waals surface area (Å²) in [5.74, 6) is 0.0548. The molecular formula is C22H18ClFN6O2. The van der Waals surface area contributed by atoms with Crippen molar-refractivity contribution in [2.75, 3.05) is 13.1 Å². The lowest BCUT2D eigenvalue weighted by molar-refractivity contribution is 0.0689. The van der Waals surface area contributed by atoms with Crippen molar-refractivity contribution in [1.82, 2.24) is 30.0 Å². The Bertz CT molecular complexity index is 1270. The molecular weight excluding hydrogens is 435 g/mol. The number of nitrogens with zero attached hydrogens (tertiary/aromatic N) is 6. The molecule has 0 aliphatic carbocycles. The summed E-state index contributed by atoms with van der Waals surface area (Å²) in [6, 6.07) is 13.2. The van der Waals surface area contributed by atoms with E-state index in [1.165, 1.54) is 16.8 Å². The number of hydrogen-bond donors (Lipinski definition) is 0. The van der Waals surface area contributed by atoms with E-state index in [-0.39, 0.29) is 23.3 Å². The molecule has 5 rings (SSSR count). The van der Waals surface area contributed by atoms with Gasteiger partial charge in [0.1, 0.15) is 5.82 Å². The van der Waals surface area contributed by atoms with Crippen LogP contribution in [-0.4, -0.2) is 49.0 Å². The van der Waals surface area contributed by atoms with Gasteiger partial charge in [-0.05, 0) is 37.1 Å². The van der Waals surface area contributed by atoms with E-state index < -0.39 is 0 Å². The van der Waals surface area contributed by atoms with E-state index in [0.717, 1.165) is 12.8 Å². The number of rotatable bonds is 4. The van der Waals surface area contributed by atoms with E-state index in [4.69, 9.17) is 16.1 Å². The van der Waals surface area contributed by atoms with E-state index in [2.05, 4.69) is 20.5 Å². The second-order valence-electron chi connectivity index (χ2n) is 7.56. The molecule has 1 aliphatic rings. The standard InChI is InChI=1S/C22H18ClFN6O2/c23-17-8-1-2-9-19(17)30-13-18(26-28-30)22(31)29-10-4-6-15(12-29)21-25-20(27-32-21)14-5-3-7-16(24)11-14/h1-3,5,7-9,11,13,15H,4,6,10,12H2. The zero-order valence-corrected chi connectivity index (χ0v) is 17.6. The zero-order valence-electron chi connectivity index (χ0n) is 16.9. The molecule has 1 saturated heterocycles. The molecule has 10 heteroatoms. The van der Waals surface area contributed by atoms with Crippen molar-refractivity contribution >= 4 is 17.5 Å². The summed E-state index contributed by atoms with van der Waals surface area (Å²) in [7, 11) is 0. The third kappa shape index (κ3) is 3.99. The van der Waals surface area contributed by atoms with Gasteiger partial charge in [0.05, 0.1) is 22.8 Å². The summed E-state index contributed by atoms with van der Waals surface area (Å²) in [4.78, 5) is 19.2. The number of hydrogen-bond acceptors (Lipinski definition) is 6. The van der Waals surface area contributed by atoms with Crippen LogP contribution in [0.25, 0.3) is 17.1 Å². The second-order valence-corrected chi connectivity index (χ2v) is 7.96. The molecule has 0 bridgehead atoms. The maximum atomic E-state index is 13.5. The molecule has 8 nitrogen and oxygen atoms in total. The summed E-state index contributed by atoms with van der Waals surface area (Å²) < 4.78 is 20.4. The third-order valence-corrected chi connectivity index (χ3v) is 5.71. The number of amides is 1. The van der Waals surface area contributed by atoms with Gasteiger partial charge in [-0.2, -0.15) is 4.98 Å². The maximum Gasteiger partial charge on any atom is 0.276 e. The highest BCUT2D eigenvalue weighted by molar-refractivity contribution is 6.32. The highest BCUT2D eigenvalue weighted by Gasteiger charge is 2.30. The molecule has 1 unspecified atom stereocenters. The van der Waals surface area contributed by atoms with Crippen molar-refractivity contribution in [3.8, 4) is 17.1 Å². The summed E-state index contributed by atoms with van der Waals surface area (Å²) in [5.41, 5.74) is 1.42. The number of halogens is 2. The third-order valence-electron chi connectivity index (χ3n) is 5.39. The topological polar surface area (TPSA) is 89.9 Å². The Hall–Kier alpha value is -3.59. The van der Waals surface area contributed by atoms with Crippen molar-refractivity contribution in [1.29, 1.82) is 0 Å². The molecule has 0 spiro atoms. The van der Waals surface area contributed by atoms with Gasteiger partial charge in [0.25, 0.3) is 5.91 Å². The predicted molar refractivity (Wildman–Crippen MR) is 114 cm³/mol. The number of carbonyl (C=O) groups is 1. The smallest absolute Gasteiger partial charge is 0.276 e. The molecule has 3 heterocycles. The van der Waals surface area contributed by atoms with E-state index in [9.17, 15) is 9.18 Å². The first-order valence-corrected chi connectivity index (χ1v) is 10.5. The molecule has 0 N–H and O–H groups in total. The number of para-hydroxylation sites is 1. The predicted octanol–water partition coefficient (Wildman–Crippen LogP) is 4.13. The van der Waals surface area contributed by atoms with Gasteiger partial charge in [-0.25, -0.2) is 9.07 Å². The van der Waals surface area contributed by atoms with Gasteiger partial charge in [-0.15, -0.1) is 5.10 Å². The highest BCUT2D eigenvalue weighted by atomic mass is 35.5. The van der Waals surface area contributed by atoms with Crippen LogP contribution in [0.1, 0.15) is 35.1 Å². The minimum Gasteiger partial charge on any atom is -0.339 e. The lowest BCUT2D eigenvalue weighted by Gasteiger charge is -2.30. The van der Waals surface area contributed by atoms with Crippen molar-refractivity contribution in [2.45, 2.75) is 18.8 Å². The summed E-state index contributed by atoms with van der Waals surface area (Å²) in [6.07, 6.45) is 3.16. The van der Waals surface area contributed by atoms with Crippen LogP contribution in [0.15, 0.2) is 59.3 Å². The van der Waals surface area contributed by atoms with Crippen LogP contribution < -0.4 is 0 Å². The van der Waals surface area contributed by atoms with E-state index in [1.54, 1.807) is 35.4 Å². The van der Waals surface area contributed by atoms with Crippen LogP contribution in [0.2, 0.25) is 5.02 Å². The first-order chi connectivity index (χ1) is 15.6. The quantitative estimate of drug-likeness (QED) is 0.462. The van der Waals surface area contributed by atoms with Gasteiger partial charge in [0.15, 0.2) is 5.69 Å². The molecule has 162 valence electrons. The second kappa shape index (κ2) is 8.51. The van der Waals surface area contributed by atoms with Crippen molar-refractivity contribution in [3.63, 3.8) is 0 Å². The number of benzene rings is 2. The average Bonchev–Trinajstić information content (AvgIpc) is 3.50. The van der Waals surface area contributed by atoms with E-state index >= 15 is 0 Å². The monoisotopic (exact) mass is 452 g/mol. The van der Waals surface area contributed by atoms with Gasteiger partial charge < -0.3 is 9.42 Å². The Balaban J connectivity index is 1.31. The first-order valence-electron chi connectivity index (χ1n) is 10.1. The number of piperidine rings is 1. The molecule has 4 aromatic rings. The zero-order chi connectivity index (χ0) is 22.1. The largest absolute Gasteiger partial charge is 0.339 e. The molecule has 0 radical (unpaired) electrons. The Morgan fingerprint density at radius 1 is 1.19 bits per heavy atom. The summed E-state index contributed by atoms with van der Waals surface area (Å²) in [6.45, 7) is 1.02. The Morgan fingerprint density at radius 3 is 2.91 bits per heavy atom. The lowest BCUT2D eigenvalue weighted by atomic mass is 9.97. The van der Waals surface area contributed by atoms with Crippen LogP contribution in [0.5, 0.6) is 0 Å². The molecule has 2 aromatic carbocycles. The molecule has 1 aliphatic heterocycles. The summed E-state index contributed by atoms with van der Waals surface area (Å²) in [5, 5.41) is 12.6. The fourth-order valence-corrected chi connectivity index (χ4v) is 4.01. The molecule has 32 heavy (non-hydrogen) atoms. The van der Waals surface area contributed by atoms with Crippen molar-refractivity contribution < 1.29 is 13.7 Å². The SMILES string of the molecule is O=C(c1cn(-c2ccccc2Cl)nn1)N1CCCC(c2nc(-c3cccc(F)c3)no2)C1. The van der Waals surface area contributed by atoms with Gasteiger partial charge in [-0.1, -0.05) is 46.2 Å². The van der Waals surface area contributed by atoms with E-state index in [1.807, 2.05) is 12.1 Å². The first kappa shape index (κ1) is 20.3. The van der Waals surface area contributed by atoms with Gasteiger partial charge in [-0.3, -0.25) is 4.79 Å². The van der Waals surface area contributed by atoms with E-state index in [0.29, 0.717) is 41.1 Å². The van der Waals surface area contributed by atoms with Crippen LogP contribution in [0, 0.1) is 5.82 Å². The van der Waals surface area contributed by atoms with Gasteiger partial charge in [0.2, 0.25) is 11.7 Å². The van der Waals surface area contributed by atoms with Crippen LogP contribution in [-0.2, 0) is 0 Å². The molecule has 1 atom stereocenters. The summed E-state index contributed by atoms with van der Waals surface area (Å²) >= 11 is 6.21. The molecule has 0 saturated carbocycles.